The lowest BCUT2D eigenvalue weighted by atomic mass is 9.91. The Morgan fingerprint density at radius 1 is 1.23 bits per heavy atom. The van der Waals surface area contributed by atoms with E-state index in [0.29, 0.717) is 5.13 Å². The molecule has 0 aliphatic heterocycles. The Morgan fingerprint density at radius 2 is 1.91 bits per heavy atom. The number of anilines is 1. The van der Waals surface area contributed by atoms with Crippen molar-refractivity contribution in [3.8, 4) is 0 Å². The van der Waals surface area contributed by atoms with Gasteiger partial charge in [-0.1, -0.05) is 69.4 Å². The van der Waals surface area contributed by atoms with Crippen LogP contribution in [0.15, 0.2) is 30.3 Å². The fourth-order valence-electron chi connectivity index (χ4n) is 2.15. The average molecular weight is 317 g/mol. The zero-order valence-electron chi connectivity index (χ0n) is 13.6. The lowest BCUT2D eigenvalue weighted by molar-refractivity contribution is -0.117. The minimum Gasteiger partial charge on any atom is -0.300 e. The Bertz CT molecular complexity index is 622. The van der Waals surface area contributed by atoms with Gasteiger partial charge in [0, 0.05) is 5.41 Å². The van der Waals surface area contributed by atoms with Crippen LogP contribution in [0.4, 0.5) is 5.13 Å². The summed E-state index contributed by atoms with van der Waals surface area (Å²) >= 11 is 1.46. The van der Waals surface area contributed by atoms with E-state index in [1.807, 2.05) is 37.3 Å². The summed E-state index contributed by atoms with van der Waals surface area (Å²) in [5.74, 6) is -0.182. The molecule has 1 amide bonds. The molecule has 1 aromatic carbocycles. The number of carbonyl (C=O) groups excluding carboxylic acids is 1. The van der Waals surface area contributed by atoms with Gasteiger partial charge in [0.1, 0.15) is 5.01 Å². The molecular formula is C17H23N3OS. The number of nitrogens with zero attached hydrogens (tertiary/aromatic N) is 2. The summed E-state index contributed by atoms with van der Waals surface area (Å²) < 4.78 is 0. The van der Waals surface area contributed by atoms with Gasteiger partial charge in [-0.25, -0.2) is 0 Å². The van der Waals surface area contributed by atoms with E-state index in [1.54, 1.807) is 0 Å². The van der Waals surface area contributed by atoms with E-state index in [2.05, 4.69) is 36.3 Å². The third-order valence-electron chi connectivity index (χ3n) is 4.04. The molecule has 1 atom stereocenters. The normalized spacial score (nSPS) is 12.9. The van der Waals surface area contributed by atoms with E-state index in [-0.39, 0.29) is 17.2 Å². The number of rotatable bonds is 6. The first kappa shape index (κ1) is 16.6. The summed E-state index contributed by atoms with van der Waals surface area (Å²) in [6, 6.07) is 9.84. The predicted molar refractivity (Wildman–Crippen MR) is 91.3 cm³/mol. The van der Waals surface area contributed by atoms with Gasteiger partial charge in [0.05, 0.1) is 5.92 Å². The maximum absolute atomic E-state index is 12.5. The highest BCUT2D eigenvalue weighted by Gasteiger charge is 2.25. The summed E-state index contributed by atoms with van der Waals surface area (Å²) in [6.07, 6.45) is 1.74. The second-order valence-corrected chi connectivity index (χ2v) is 6.99. The van der Waals surface area contributed by atoms with Crippen LogP contribution in [-0.2, 0) is 10.2 Å². The van der Waals surface area contributed by atoms with E-state index >= 15 is 0 Å². The second kappa shape index (κ2) is 7.01. The van der Waals surface area contributed by atoms with Gasteiger partial charge in [-0.05, 0) is 18.4 Å². The molecule has 0 aliphatic carbocycles. The number of hydrogen-bond acceptors (Lipinski definition) is 4. The molecule has 0 saturated heterocycles. The van der Waals surface area contributed by atoms with Gasteiger partial charge in [-0.3, -0.25) is 10.1 Å². The van der Waals surface area contributed by atoms with Crippen LogP contribution < -0.4 is 5.32 Å². The quantitative estimate of drug-likeness (QED) is 0.861. The van der Waals surface area contributed by atoms with Crippen LogP contribution in [0.3, 0.4) is 0 Å². The molecule has 0 radical (unpaired) electrons. The Labute approximate surface area is 136 Å². The lowest BCUT2D eigenvalue weighted by Crippen LogP contribution is -2.20. The standard InChI is InChI=1S/C17H23N3OS/c1-5-13(12-10-8-7-9-11-12)14(21)18-16-20-19-15(22-16)17(3,4)6-2/h7-11,13H,5-6H2,1-4H3,(H,18,20,21)/t13-/m1/s1. The number of amides is 1. The van der Waals surface area contributed by atoms with Gasteiger partial charge in [0.25, 0.3) is 0 Å². The topological polar surface area (TPSA) is 54.9 Å². The van der Waals surface area contributed by atoms with Crippen LogP contribution in [0.2, 0.25) is 0 Å². The highest BCUT2D eigenvalue weighted by atomic mass is 32.1. The highest BCUT2D eigenvalue weighted by Crippen LogP contribution is 2.31. The van der Waals surface area contributed by atoms with Gasteiger partial charge in [-0.15, -0.1) is 10.2 Å². The summed E-state index contributed by atoms with van der Waals surface area (Å²) in [7, 11) is 0. The molecule has 5 heteroatoms. The fourth-order valence-corrected chi connectivity index (χ4v) is 3.07. The monoisotopic (exact) mass is 317 g/mol. The fraction of sp³-hybridized carbons (Fsp3) is 0.471. The van der Waals surface area contributed by atoms with E-state index in [4.69, 9.17) is 0 Å². The van der Waals surface area contributed by atoms with E-state index in [1.165, 1.54) is 11.3 Å². The zero-order valence-corrected chi connectivity index (χ0v) is 14.4. The molecule has 1 aromatic heterocycles. The van der Waals surface area contributed by atoms with Crippen molar-refractivity contribution in [2.75, 3.05) is 5.32 Å². The highest BCUT2D eigenvalue weighted by molar-refractivity contribution is 7.15. The molecule has 0 unspecified atom stereocenters. The predicted octanol–water partition coefficient (Wildman–Crippen LogP) is 4.36. The SMILES string of the molecule is CC[C@@H](C(=O)Nc1nnc(C(C)(C)CC)s1)c1ccccc1. The molecule has 1 heterocycles. The number of aromatic nitrogens is 2. The number of carbonyl (C=O) groups is 1. The van der Waals surface area contributed by atoms with Crippen LogP contribution >= 0.6 is 11.3 Å². The van der Waals surface area contributed by atoms with Gasteiger partial charge < -0.3 is 0 Å². The van der Waals surface area contributed by atoms with Gasteiger partial charge >= 0.3 is 0 Å². The minimum absolute atomic E-state index is 0.00969. The molecule has 0 aliphatic rings. The Kier molecular flexibility index (Phi) is 5.29. The molecule has 1 N–H and O–H groups in total. The second-order valence-electron chi connectivity index (χ2n) is 6.01. The third-order valence-corrected chi connectivity index (χ3v) is 5.25. The van der Waals surface area contributed by atoms with Crippen molar-refractivity contribution in [2.24, 2.45) is 0 Å². The average Bonchev–Trinajstić information content (AvgIpc) is 2.98. The maximum Gasteiger partial charge on any atom is 0.233 e. The Hall–Kier alpha value is -1.75. The molecule has 2 rings (SSSR count). The lowest BCUT2D eigenvalue weighted by Gasteiger charge is -2.17. The molecule has 118 valence electrons. The molecule has 0 bridgehead atoms. The van der Waals surface area contributed by atoms with Gasteiger partial charge in [0.15, 0.2) is 0 Å². The van der Waals surface area contributed by atoms with Crippen LogP contribution in [0.5, 0.6) is 0 Å². The van der Waals surface area contributed by atoms with Crippen LogP contribution in [0.25, 0.3) is 0 Å². The van der Waals surface area contributed by atoms with Crippen LogP contribution in [0.1, 0.15) is 57.0 Å². The molecule has 0 fully saturated rings. The minimum atomic E-state index is -0.160. The summed E-state index contributed by atoms with van der Waals surface area (Å²) in [5, 5.41) is 12.8. The van der Waals surface area contributed by atoms with E-state index in [9.17, 15) is 4.79 Å². The van der Waals surface area contributed by atoms with E-state index in [0.717, 1.165) is 23.4 Å². The smallest absolute Gasteiger partial charge is 0.233 e. The van der Waals surface area contributed by atoms with Gasteiger partial charge in [-0.2, -0.15) is 0 Å². The largest absolute Gasteiger partial charge is 0.300 e. The summed E-state index contributed by atoms with van der Waals surface area (Å²) in [6.45, 7) is 8.42. The van der Waals surface area contributed by atoms with Crippen molar-refractivity contribution in [3.05, 3.63) is 40.9 Å². The van der Waals surface area contributed by atoms with Crippen molar-refractivity contribution >= 4 is 22.4 Å². The first-order valence-corrected chi connectivity index (χ1v) is 8.49. The van der Waals surface area contributed by atoms with Crippen molar-refractivity contribution in [1.82, 2.24) is 10.2 Å². The molecule has 22 heavy (non-hydrogen) atoms. The Balaban J connectivity index is 2.11. The molecule has 0 saturated carbocycles. The van der Waals surface area contributed by atoms with E-state index < -0.39 is 0 Å². The molecule has 4 nitrogen and oxygen atoms in total. The van der Waals surface area contributed by atoms with Crippen molar-refractivity contribution in [1.29, 1.82) is 0 Å². The van der Waals surface area contributed by atoms with Crippen molar-refractivity contribution in [2.45, 2.75) is 51.9 Å². The van der Waals surface area contributed by atoms with Gasteiger partial charge in [0.2, 0.25) is 11.0 Å². The third kappa shape index (κ3) is 3.71. The molecular weight excluding hydrogens is 294 g/mol. The maximum atomic E-state index is 12.5. The number of benzene rings is 1. The van der Waals surface area contributed by atoms with Crippen molar-refractivity contribution < 1.29 is 4.79 Å². The zero-order chi connectivity index (χ0) is 16.2. The first-order chi connectivity index (χ1) is 10.5. The summed E-state index contributed by atoms with van der Waals surface area (Å²) in [4.78, 5) is 12.5. The number of nitrogens with one attached hydrogen (secondary N) is 1. The Morgan fingerprint density at radius 3 is 2.50 bits per heavy atom. The summed E-state index contributed by atoms with van der Waals surface area (Å²) in [5.41, 5.74) is 1.02. The first-order valence-electron chi connectivity index (χ1n) is 7.67. The van der Waals surface area contributed by atoms with Crippen LogP contribution in [0, 0.1) is 0 Å². The molecule has 0 spiro atoms. The van der Waals surface area contributed by atoms with Crippen molar-refractivity contribution in [3.63, 3.8) is 0 Å². The molecule has 2 aromatic rings. The number of hydrogen-bond donors (Lipinski definition) is 1. The van der Waals surface area contributed by atoms with Crippen LogP contribution in [-0.4, -0.2) is 16.1 Å².